The van der Waals surface area contributed by atoms with Crippen LogP contribution in [-0.4, -0.2) is 25.9 Å². The first-order valence-electron chi connectivity index (χ1n) is 7.41. The van der Waals surface area contributed by atoms with Gasteiger partial charge in [0.1, 0.15) is 5.92 Å². The lowest BCUT2D eigenvalue weighted by Gasteiger charge is -2.15. The molecule has 0 aromatic heterocycles. The fourth-order valence-corrected chi connectivity index (χ4v) is 3.21. The summed E-state index contributed by atoms with van der Waals surface area (Å²) in [6, 6.07) is 2.14. The molecule has 26 heavy (non-hydrogen) atoms. The minimum absolute atomic E-state index is 0.0179. The number of carbonyl (C=O) groups excluding carboxylic acids is 1. The largest absolute Gasteiger partial charge is 0.534 e. The van der Waals surface area contributed by atoms with Gasteiger partial charge in [-0.2, -0.15) is 34.8 Å². The third-order valence-corrected chi connectivity index (χ3v) is 4.72. The molecule has 2 rings (SSSR count). The summed E-state index contributed by atoms with van der Waals surface area (Å²) in [5.74, 6) is -4.98. The fraction of sp³-hybridized carbons (Fsp3) is 0.533. The van der Waals surface area contributed by atoms with Gasteiger partial charge in [0, 0.05) is 0 Å². The topological polar surface area (TPSA) is 60.4 Å². The van der Waals surface area contributed by atoms with Gasteiger partial charge in [0.2, 0.25) is 0 Å². The second kappa shape index (κ2) is 6.43. The lowest BCUT2D eigenvalue weighted by atomic mass is 9.98. The van der Waals surface area contributed by atoms with Gasteiger partial charge in [-0.05, 0) is 36.0 Å². The molecule has 1 aromatic carbocycles. The van der Waals surface area contributed by atoms with E-state index in [4.69, 9.17) is 0 Å². The Morgan fingerprint density at radius 2 is 1.73 bits per heavy atom. The van der Waals surface area contributed by atoms with E-state index in [0.29, 0.717) is 0 Å². The van der Waals surface area contributed by atoms with Crippen molar-refractivity contribution < 1.29 is 43.7 Å². The van der Waals surface area contributed by atoms with Gasteiger partial charge < -0.3 is 4.18 Å². The summed E-state index contributed by atoms with van der Waals surface area (Å²) in [5, 5.41) is 0. The summed E-state index contributed by atoms with van der Waals surface area (Å²) in [6.07, 6.45) is -5.43. The van der Waals surface area contributed by atoms with Crippen molar-refractivity contribution in [1.29, 1.82) is 0 Å². The molecule has 1 atom stereocenters. The SMILES string of the molecule is CC(C)Cc1cc2c(c(OS(=O)(=O)C(F)(F)F)c1)C(=O)C(C(F)(F)F)C2. The molecule has 1 aliphatic rings. The Bertz CT molecular complexity index is 824. The normalized spacial score (nSPS) is 18.3. The van der Waals surface area contributed by atoms with Crippen molar-refractivity contribution in [2.24, 2.45) is 11.8 Å². The zero-order chi connectivity index (χ0) is 20.1. The monoisotopic (exact) mass is 404 g/mol. The molecule has 0 spiro atoms. The van der Waals surface area contributed by atoms with Gasteiger partial charge in [0.15, 0.2) is 11.5 Å². The zero-order valence-electron chi connectivity index (χ0n) is 13.5. The van der Waals surface area contributed by atoms with E-state index in [1.807, 2.05) is 0 Å². The van der Waals surface area contributed by atoms with Crippen molar-refractivity contribution in [2.45, 2.75) is 38.4 Å². The molecule has 0 fully saturated rings. The molecule has 0 aliphatic heterocycles. The Balaban J connectivity index is 2.58. The van der Waals surface area contributed by atoms with Crippen LogP contribution in [0.2, 0.25) is 0 Å². The lowest BCUT2D eigenvalue weighted by molar-refractivity contribution is -0.158. The molecule has 0 heterocycles. The summed E-state index contributed by atoms with van der Waals surface area (Å²) in [6.45, 7) is 3.51. The van der Waals surface area contributed by atoms with Crippen LogP contribution < -0.4 is 4.18 Å². The standard InChI is InChI=1S/C15H14F6O4S/c1-7(2)3-8-4-9-6-10(14(16,17)18)13(22)12(9)11(5-8)25-26(23,24)15(19,20)21/h4-5,7,10H,3,6H2,1-2H3. The minimum Gasteiger partial charge on any atom is -0.375 e. The zero-order valence-corrected chi connectivity index (χ0v) is 14.3. The average molecular weight is 404 g/mol. The molecule has 1 aliphatic carbocycles. The Morgan fingerprint density at radius 1 is 1.15 bits per heavy atom. The van der Waals surface area contributed by atoms with E-state index in [9.17, 15) is 39.6 Å². The Labute approximate surface area is 145 Å². The number of carbonyl (C=O) groups is 1. The number of Topliss-reactive ketones (excluding diaryl/α,β-unsaturated/α-hetero) is 1. The van der Waals surface area contributed by atoms with Crippen LogP contribution in [0.4, 0.5) is 26.3 Å². The highest BCUT2D eigenvalue weighted by molar-refractivity contribution is 7.88. The summed E-state index contributed by atoms with van der Waals surface area (Å²) >= 11 is 0. The molecule has 0 N–H and O–H groups in total. The Morgan fingerprint density at radius 3 is 2.19 bits per heavy atom. The van der Waals surface area contributed by atoms with Gasteiger partial charge in [-0.15, -0.1) is 0 Å². The van der Waals surface area contributed by atoms with Crippen LogP contribution in [0.15, 0.2) is 12.1 Å². The number of benzene rings is 1. The quantitative estimate of drug-likeness (QED) is 0.432. The van der Waals surface area contributed by atoms with Crippen LogP contribution in [-0.2, 0) is 23.0 Å². The van der Waals surface area contributed by atoms with Gasteiger partial charge in [-0.25, -0.2) is 0 Å². The summed E-state index contributed by atoms with van der Waals surface area (Å²) in [7, 11) is -6.13. The molecule has 0 radical (unpaired) electrons. The second-order valence-electron chi connectivity index (χ2n) is 6.37. The maximum absolute atomic E-state index is 13.0. The van der Waals surface area contributed by atoms with E-state index in [1.54, 1.807) is 13.8 Å². The minimum atomic E-state index is -6.13. The average Bonchev–Trinajstić information content (AvgIpc) is 2.73. The highest BCUT2D eigenvalue weighted by atomic mass is 32.2. The third-order valence-electron chi connectivity index (χ3n) is 3.75. The van der Waals surface area contributed by atoms with Gasteiger partial charge in [-0.1, -0.05) is 19.9 Å². The molecule has 1 aromatic rings. The number of halogens is 6. The number of alkyl halides is 6. The number of ketones is 1. The number of fused-ring (bicyclic) bond motifs is 1. The molecule has 0 bridgehead atoms. The molecule has 0 saturated carbocycles. The van der Waals surface area contributed by atoms with Crippen molar-refractivity contribution in [3.8, 4) is 5.75 Å². The summed E-state index contributed by atoms with van der Waals surface area (Å²) < 4.78 is 103. The van der Waals surface area contributed by atoms with Crippen molar-refractivity contribution in [3.05, 3.63) is 28.8 Å². The second-order valence-corrected chi connectivity index (χ2v) is 7.91. The third kappa shape index (κ3) is 3.97. The highest BCUT2D eigenvalue weighted by Gasteiger charge is 2.52. The van der Waals surface area contributed by atoms with Gasteiger partial charge in [0.25, 0.3) is 0 Å². The van der Waals surface area contributed by atoms with Gasteiger partial charge in [0.05, 0.1) is 5.56 Å². The van der Waals surface area contributed by atoms with Gasteiger partial charge in [-0.3, -0.25) is 4.79 Å². The molecule has 146 valence electrons. The Hall–Kier alpha value is -1.78. The van der Waals surface area contributed by atoms with Crippen LogP contribution in [0.1, 0.15) is 35.3 Å². The van der Waals surface area contributed by atoms with E-state index >= 15 is 0 Å². The maximum Gasteiger partial charge on any atom is 0.534 e. The highest BCUT2D eigenvalue weighted by Crippen LogP contribution is 2.43. The van der Waals surface area contributed by atoms with Crippen molar-refractivity contribution in [3.63, 3.8) is 0 Å². The van der Waals surface area contributed by atoms with Crippen LogP contribution >= 0.6 is 0 Å². The molecule has 0 saturated heterocycles. The molecule has 0 amide bonds. The maximum atomic E-state index is 13.0. The smallest absolute Gasteiger partial charge is 0.375 e. The number of hydrogen-bond acceptors (Lipinski definition) is 4. The van der Waals surface area contributed by atoms with Crippen molar-refractivity contribution >= 4 is 15.9 Å². The van der Waals surface area contributed by atoms with Crippen LogP contribution in [0, 0.1) is 11.8 Å². The summed E-state index contributed by atoms with van der Waals surface area (Å²) in [4.78, 5) is 12.1. The van der Waals surface area contributed by atoms with Crippen molar-refractivity contribution in [1.82, 2.24) is 0 Å². The Kier molecular flexibility index (Phi) is 5.08. The first kappa shape index (κ1) is 20.5. The molecular weight excluding hydrogens is 390 g/mol. The van der Waals surface area contributed by atoms with E-state index in [2.05, 4.69) is 4.18 Å². The first-order chi connectivity index (χ1) is 11.6. The van der Waals surface area contributed by atoms with E-state index in [1.165, 1.54) is 6.07 Å². The van der Waals surface area contributed by atoms with Crippen LogP contribution in [0.5, 0.6) is 5.75 Å². The van der Waals surface area contributed by atoms with Gasteiger partial charge >= 0.3 is 21.8 Å². The predicted molar refractivity (Wildman–Crippen MR) is 78.2 cm³/mol. The lowest BCUT2D eigenvalue weighted by Crippen LogP contribution is -2.30. The predicted octanol–water partition coefficient (Wildman–Crippen LogP) is 4.03. The fourth-order valence-electron chi connectivity index (χ4n) is 2.75. The summed E-state index contributed by atoms with van der Waals surface area (Å²) in [5.41, 5.74) is -6.45. The molecule has 11 heteroatoms. The van der Waals surface area contributed by atoms with Crippen molar-refractivity contribution in [2.75, 3.05) is 0 Å². The van der Waals surface area contributed by atoms with Crippen LogP contribution in [0.25, 0.3) is 0 Å². The number of hydrogen-bond donors (Lipinski definition) is 0. The van der Waals surface area contributed by atoms with E-state index < -0.39 is 51.2 Å². The van der Waals surface area contributed by atoms with E-state index in [-0.39, 0.29) is 23.5 Å². The van der Waals surface area contributed by atoms with Crippen LogP contribution in [0.3, 0.4) is 0 Å². The first-order valence-corrected chi connectivity index (χ1v) is 8.81. The molecule has 4 nitrogen and oxygen atoms in total. The number of rotatable bonds is 4. The molecule has 1 unspecified atom stereocenters. The van der Waals surface area contributed by atoms with E-state index in [0.717, 1.165) is 6.07 Å². The molecular formula is C15H14F6O4S.